The summed E-state index contributed by atoms with van der Waals surface area (Å²) in [5.74, 6) is -0.631. The predicted molar refractivity (Wildman–Crippen MR) is 72.8 cm³/mol. The Bertz CT molecular complexity index is 441. The maximum absolute atomic E-state index is 11.6. The van der Waals surface area contributed by atoms with E-state index in [0.29, 0.717) is 5.41 Å². The number of carbonyl (C=O) groups is 1. The molecule has 96 valence electrons. The Morgan fingerprint density at radius 2 is 1.72 bits per heavy atom. The van der Waals surface area contributed by atoms with Crippen LogP contribution in [0.25, 0.3) is 0 Å². The molecule has 2 saturated carbocycles. The van der Waals surface area contributed by atoms with E-state index in [4.69, 9.17) is 0 Å². The summed E-state index contributed by atoms with van der Waals surface area (Å²) >= 11 is 1.55. The Labute approximate surface area is 112 Å². The molecule has 1 aromatic carbocycles. The first kappa shape index (κ1) is 12.1. The summed E-state index contributed by atoms with van der Waals surface area (Å²) in [7, 11) is 0. The molecular weight excluding hydrogens is 244 g/mol. The van der Waals surface area contributed by atoms with E-state index in [2.05, 4.69) is 0 Å². The van der Waals surface area contributed by atoms with Crippen LogP contribution in [0.3, 0.4) is 0 Å². The standard InChI is InChI=1S/C15H18O2S/c16-13(17)15(18-12-6-2-1-3-7-12)10-14(11-15)8-4-5-9-14/h1-3,6-7H,4-5,8-11H2,(H,16,17). The predicted octanol–water partition coefficient (Wildman–Crippen LogP) is 3.96. The van der Waals surface area contributed by atoms with Crippen LogP contribution in [0.1, 0.15) is 38.5 Å². The van der Waals surface area contributed by atoms with Crippen LogP contribution < -0.4 is 0 Å². The molecule has 3 rings (SSSR count). The number of hydrogen-bond acceptors (Lipinski definition) is 2. The van der Waals surface area contributed by atoms with Crippen LogP contribution in [0.15, 0.2) is 35.2 Å². The number of rotatable bonds is 3. The molecule has 1 aromatic rings. The second-order valence-corrected chi connectivity index (χ2v) is 7.23. The second kappa shape index (κ2) is 4.30. The van der Waals surface area contributed by atoms with E-state index in [1.807, 2.05) is 30.3 Å². The van der Waals surface area contributed by atoms with Gasteiger partial charge in [-0.1, -0.05) is 31.0 Å². The van der Waals surface area contributed by atoms with Crippen molar-refractivity contribution >= 4 is 17.7 Å². The number of hydrogen-bond donors (Lipinski definition) is 1. The monoisotopic (exact) mass is 262 g/mol. The minimum absolute atomic E-state index is 0.361. The van der Waals surface area contributed by atoms with Crippen molar-refractivity contribution in [1.82, 2.24) is 0 Å². The molecule has 0 saturated heterocycles. The summed E-state index contributed by atoms with van der Waals surface area (Å²) in [4.78, 5) is 12.7. The van der Waals surface area contributed by atoms with Crippen molar-refractivity contribution in [2.24, 2.45) is 5.41 Å². The number of aliphatic carboxylic acids is 1. The zero-order chi connectivity index (χ0) is 12.6. The van der Waals surface area contributed by atoms with E-state index < -0.39 is 10.7 Å². The molecular formula is C15H18O2S. The minimum atomic E-state index is -0.631. The summed E-state index contributed by atoms with van der Waals surface area (Å²) in [5, 5.41) is 9.57. The third-order valence-electron chi connectivity index (χ3n) is 4.43. The molecule has 2 fully saturated rings. The Kier molecular flexibility index (Phi) is 2.89. The summed E-state index contributed by atoms with van der Waals surface area (Å²) in [6.45, 7) is 0. The molecule has 2 aliphatic rings. The molecule has 0 aliphatic heterocycles. The van der Waals surface area contributed by atoms with Crippen molar-refractivity contribution in [3.05, 3.63) is 30.3 Å². The van der Waals surface area contributed by atoms with Gasteiger partial charge in [0.2, 0.25) is 0 Å². The molecule has 2 nitrogen and oxygen atoms in total. The van der Waals surface area contributed by atoms with Gasteiger partial charge in [0.05, 0.1) is 0 Å². The van der Waals surface area contributed by atoms with Gasteiger partial charge in [-0.25, -0.2) is 0 Å². The van der Waals surface area contributed by atoms with Crippen molar-refractivity contribution in [2.75, 3.05) is 0 Å². The molecule has 1 N–H and O–H groups in total. The highest BCUT2D eigenvalue weighted by Gasteiger charge is 2.60. The Hall–Kier alpha value is -0.960. The van der Waals surface area contributed by atoms with Gasteiger partial charge in [0.25, 0.3) is 0 Å². The van der Waals surface area contributed by atoms with Gasteiger partial charge in [0.1, 0.15) is 4.75 Å². The fourth-order valence-electron chi connectivity index (χ4n) is 3.62. The minimum Gasteiger partial charge on any atom is -0.480 e. The molecule has 0 heterocycles. The molecule has 0 atom stereocenters. The molecule has 2 aliphatic carbocycles. The summed E-state index contributed by atoms with van der Waals surface area (Å²) in [6.07, 6.45) is 6.75. The SMILES string of the molecule is O=C(O)C1(Sc2ccccc2)CC2(CCCC2)C1. The van der Waals surface area contributed by atoms with Gasteiger partial charge in [-0.3, -0.25) is 4.79 Å². The van der Waals surface area contributed by atoms with Crippen LogP contribution in [0, 0.1) is 5.41 Å². The van der Waals surface area contributed by atoms with Gasteiger partial charge in [0, 0.05) is 4.90 Å². The van der Waals surface area contributed by atoms with Gasteiger partial charge in [-0.15, -0.1) is 11.8 Å². The van der Waals surface area contributed by atoms with Crippen LogP contribution in [-0.2, 0) is 4.79 Å². The number of carboxylic acids is 1. The Balaban J connectivity index is 1.76. The van der Waals surface area contributed by atoms with Crippen molar-refractivity contribution in [1.29, 1.82) is 0 Å². The first-order valence-electron chi connectivity index (χ1n) is 6.62. The van der Waals surface area contributed by atoms with Gasteiger partial charge >= 0.3 is 5.97 Å². The van der Waals surface area contributed by atoms with Gasteiger partial charge in [-0.2, -0.15) is 0 Å². The Morgan fingerprint density at radius 3 is 2.28 bits per heavy atom. The second-order valence-electron chi connectivity index (χ2n) is 5.78. The third kappa shape index (κ3) is 1.95. The van der Waals surface area contributed by atoms with Crippen LogP contribution >= 0.6 is 11.8 Å². The van der Waals surface area contributed by atoms with Crippen molar-refractivity contribution < 1.29 is 9.90 Å². The lowest BCUT2D eigenvalue weighted by atomic mass is 9.60. The van der Waals surface area contributed by atoms with E-state index >= 15 is 0 Å². The van der Waals surface area contributed by atoms with Crippen LogP contribution in [0.5, 0.6) is 0 Å². The zero-order valence-corrected chi connectivity index (χ0v) is 11.2. The van der Waals surface area contributed by atoms with E-state index in [-0.39, 0.29) is 0 Å². The van der Waals surface area contributed by atoms with E-state index in [0.717, 1.165) is 17.7 Å². The number of benzene rings is 1. The molecule has 0 radical (unpaired) electrons. The van der Waals surface area contributed by atoms with E-state index in [9.17, 15) is 9.90 Å². The van der Waals surface area contributed by atoms with Gasteiger partial charge in [0.15, 0.2) is 0 Å². The lowest BCUT2D eigenvalue weighted by molar-refractivity contribution is -0.146. The van der Waals surface area contributed by atoms with E-state index in [1.54, 1.807) is 11.8 Å². The first-order chi connectivity index (χ1) is 8.64. The van der Waals surface area contributed by atoms with Gasteiger partial charge in [-0.05, 0) is 43.2 Å². The summed E-state index contributed by atoms with van der Waals surface area (Å²) < 4.78 is -0.564. The molecule has 3 heteroatoms. The average Bonchev–Trinajstić information content (AvgIpc) is 2.78. The number of carboxylic acid groups (broad SMARTS) is 1. The molecule has 18 heavy (non-hydrogen) atoms. The van der Waals surface area contributed by atoms with E-state index in [1.165, 1.54) is 25.7 Å². The van der Waals surface area contributed by atoms with Crippen molar-refractivity contribution in [2.45, 2.75) is 48.2 Å². The maximum atomic E-state index is 11.6. The largest absolute Gasteiger partial charge is 0.480 e. The van der Waals surface area contributed by atoms with Crippen molar-refractivity contribution in [3.8, 4) is 0 Å². The fraction of sp³-hybridized carbons (Fsp3) is 0.533. The molecule has 0 amide bonds. The quantitative estimate of drug-likeness (QED) is 0.896. The highest BCUT2D eigenvalue weighted by molar-refractivity contribution is 8.01. The highest BCUT2D eigenvalue weighted by atomic mass is 32.2. The van der Waals surface area contributed by atoms with Crippen molar-refractivity contribution in [3.63, 3.8) is 0 Å². The highest BCUT2D eigenvalue weighted by Crippen LogP contribution is 2.64. The maximum Gasteiger partial charge on any atom is 0.320 e. The third-order valence-corrected chi connectivity index (χ3v) is 5.79. The Morgan fingerprint density at radius 1 is 1.11 bits per heavy atom. The lowest BCUT2D eigenvalue weighted by Crippen LogP contribution is -2.53. The summed E-state index contributed by atoms with van der Waals surface area (Å²) in [5.41, 5.74) is 0.361. The van der Waals surface area contributed by atoms with Crippen LogP contribution in [0.4, 0.5) is 0 Å². The zero-order valence-electron chi connectivity index (χ0n) is 10.4. The van der Waals surface area contributed by atoms with Crippen LogP contribution in [0.2, 0.25) is 0 Å². The number of thioether (sulfide) groups is 1. The molecule has 0 aromatic heterocycles. The smallest absolute Gasteiger partial charge is 0.320 e. The van der Waals surface area contributed by atoms with Crippen LogP contribution in [-0.4, -0.2) is 15.8 Å². The topological polar surface area (TPSA) is 37.3 Å². The first-order valence-corrected chi connectivity index (χ1v) is 7.43. The average molecular weight is 262 g/mol. The van der Waals surface area contributed by atoms with Gasteiger partial charge < -0.3 is 5.11 Å². The lowest BCUT2D eigenvalue weighted by Gasteiger charge is -2.52. The normalized spacial score (nSPS) is 23.8. The molecule has 1 spiro atoms. The fourth-order valence-corrected chi connectivity index (χ4v) is 5.21. The molecule has 0 unspecified atom stereocenters. The molecule has 0 bridgehead atoms. The summed E-state index contributed by atoms with van der Waals surface area (Å²) in [6, 6.07) is 9.94.